The van der Waals surface area contributed by atoms with Crippen LogP contribution in [-0.4, -0.2) is 12.0 Å². The Morgan fingerprint density at radius 1 is 1.53 bits per heavy atom. The summed E-state index contributed by atoms with van der Waals surface area (Å²) in [6.07, 6.45) is 2.28. The third-order valence-corrected chi connectivity index (χ3v) is 3.05. The minimum absolute atomic E-state index is 0.417. The molecule has 0 aromatic heterocycles. The number of anilines is 1. The quantitative estimate of drug-likeness (QED) is 0.496. The second-order valence-electron chi connectivity index (χ2n) is 3.49. The molecule has 5 heteroatoms. The highest BCUT2D eigenvalue weighted by molar-refractivity contribution is 14.1. The molecule has 1 aromatic carbocycles. The molecule has 3 nitrogen and oxygen atoms in total. The molecular formula is C10H11ClIN3. The van der Waals surface area contributed by atoms with Crippen molar-refractivity contribution >= 4 is 45.8 Å². The molecule has 1 aliphatic carbocycles. The Morgan fingerprint density at radius 3 is 2.87 bits per heavy atom. The fraction of sp³-hybridized carbons (Fsp3) is 0.300. The SMILES string of the molecule is NC(=NC1CC1)Nc1ccc(I)cc1Cl. The van der Waals surface area contributed by atoms with Gasteiger partial charge >= 0.3 is 0 Å². The second-order valence-corrected chi connectivity index (χ2v) is 5.15. The molecule has 0 saturated heterocycles. The predicted octanol–water partition coefficient (Wildman–Crippen LogP) is 2.83. The van der Waals surface area contributed by atoms with Gasteiger partial charge in [-0.2, -0.15) is 0 Å². The van der Waals surface area contributed by atoms with Crippen molar-refractivity contribution in [3.8, 4) is 0 Å². The summed E-state index contributed by atoms with van der Waals surface area (Å²) in [7, 11) is 0. The maximum absolute atomic E-state index is 6.05. The van der Waals surface area contributed by atoms with Gasteiger partial charge in [-0.25, -0.2) is 4.99 Å². The van der Waals surface area contributed by atoms with Crippen LogP contribution in [0, 0.1) is 3.57 Å². The Morgan fingerprint density at radius 2 is 2.27 bits per heavy atom. The van der Waals surface area contributed by atoms with Gasteiger partial charge in [0, 0.05) is 3.57 Å². The summed E-state index contributed by atoms with van der Waals surface area (Å²) in [6, 6.07) is 6.17. The summed E-state index contributed by atoms with van der Waals surface area (Å²) in [6.45, 7) is 0. The van der Waals surface area contributed by atoms with Gasteiger partial charge in [-0.1, -0.05) is 11.6 Å². The van der Waals surface area contributed by atoms with E-state index in [2.05, 4.69) is 32.9 Å². The molecule has 0 radical (unpaired) electrons. The van der Waals surface area contributed by atoms with E-state index in [0.29, 0.717) is 17.0 Å². The van der Waals surface area contributed by atoms with Crippen molar-refractivity contribution in [1.29, 1.82) is 0 Å². The van der Waals surface area contributed by atoms with Crippen molar-refractivity contribution in [3.05, 3.63) is 26.8 Å². The number of benzene rings is 1. The van der Waals surface area contributed by atoms with Crippen molar-refractivity contribution in [2.75, 3.05) is 5.32 Å². The molecule has 1 aliphatic rings. The summed E-state index contributed by atoms with van der Waals surface area (Å²) in [5.74, 6) is 0.445. The van der Waals surface area contributed by atoms with E-state index in [1.54, 1.807) is 0 Å². The highest BCUT2D eigenvalue weighted by Gasteiger charge is 2.20. The first-order valence-electron chi connectivity index (χ1n) is 4.70. The van der Waals surface area contributed by atoms with Crippen molar-refractivity contribution in [3.63, 3.8) is 0 Å². The van der Waals surface area contributed by atoms with E-state index in [-0.39, 0.29) is 0 Å². The summed E-state index contributed by atoms with van der Waals surface area (Å²) < 4.78 is 1.10. The van der Waals surface area contributed by atoms with E-state index in [9.17, 15) is 0 Å². The fourth-order valence-corrected chi connectivity index (χ4v) is 2.06. The van der Waals surface area contributed by atoms with E-state index >= 15 is 0 Å². The lowest BCUT2D eigenvalue weighted by Crippen LogP contribution is -2.23. The minimum atomic E-state index is 0.417. The Bertz CT molecular complexity index is 402. The normalized spacial score (nSPS) is 16.5. The highest BCUT2D eigenvalue weighted by atomic mass is 127. The maximum Gasteiger partial charge on any atom is 0.193 e. The van der Waals surface area contributed by atoms with Crippen molar-refractivity contribution < 1.29 is 0 Å². The number of halogens is 2. The van der Waals surface area contributed by atoms with Gasteiger partial charge in [-0.05, 0) is 53.6 Å². The van der Waals surface area contributed by atoms with E-state index in [1.807, 2.05) is 18.2 Å². The molecule has 3 N–H and O–H groups in total. The number of aliphatic imine (C=N–C) groups is 1. The molecule has 1 saturated carbocycles. The van der Waals surface area contributed by atoms with Crippen LogP contribution in [0.25, 0.3) is 0 Å². The van der Waals surface area contributed by atoms with Gasteiger partial charge < -0.3 is 11.1 Å². The van der Waals surface area contributed by atoms with E-state index in [4.69, 9.17) is 17.3 Å². The molecule has 0 spiro atoms. The van der Waals surface area contributed by atoms with Crippen molar-refractivity contribution in [2.45, 2.75) is 18.9 Å². The third kappa shape index (κ3) is 3.24. The van der Waals surface area contributed by atoms with Gasteiger partial charge in [0.05, 0.1) is 16.8 Å². The van der Waals surface area contributed by atoms with Gasteiger partial charge in [0.2, 0.25) is 0 Å². The molecule has 1 fully saturated rings. The predicted molar refractivity (Wildman–Crippen MR) is 72.4 cm³/mol. The lowest BCUT2D eigenvalue weighted by molar-refractivity contribution is 1.06. The number of nitrogens with zero attached hydrogens (tertiary/aromatic N) is 1. The van der Waals surface area contributed by atoms with Crippen LogP contribution in [-0.2, 0) is 0 Å². The second kappa shape index (κ2) is 4.57. The fourth-order valence-electron chi connectivity index (χ4n) is 1.16. The highest BCUT2D eigenvalue weighted by Crippen LogP contribution is 2.25. The Labute approximate surface area is 107 Å². The maximum atomic E-state index is 6.05. The van der Waals surface area contributed by atoms with Gasteiger partial charge in [-0.15, -0.1) is 0 Å². The summed E-state index contributed by atoms with van der Waals surface area (Å²) in [4.78, 5) is 4.27. The average molecular weight is 336 g/mol. The summed E-state index contributed by atoms with van der Waals surface area (Å²) in [5.41, 5.74) is 6.54. The minimum Gasteiger partial charge on any atom is -0.370 e. The van der Waals surface area contributed by atoms with Crippen LogP contribution in [0.4, 0.5) is 5.69 Å². The van der Waals surface area contributed by atoms with Crippen LogP contribution in [0.15, 0.2) is 23.2 Å². The van der Waals surface area contributed by atoms with Gasteiger partial charge in [0.15, 0.2) is 5.96 Å². The Hall–Kier alpha value is -0.490. The van der Waals surface area contributed by atoms with Crippen molar-refractivity contribution in [2.24, 2.45) is 10.7 Å². The number of nitrogens with one attached hydrogen (secondary N) is 1. The van der Waals surface area contributed by atoms with Crippen LogP contribution < -0.4 is 11.1 Å². The largest absolute Gasteiger partial charge is 0.370 e. The van der Waals surface area contributed by atoms with E-state index < -0.39 is 0 Å². The molecule has 80 valence electrons. The average Bonchev–Trinajstić information content (AvgIpc) is 2.94. The van der Waals surface area contributed by atoms with Crippen LogP contribution >= 0.6 is 34.2 Å². The molecule has 15 heavy (non-hydrogen) atoms. The Kier molecular flexibility index (Phi) is 3.35. The molecule has 0 heterocycles. The number of guanidine groups is 1. The number of hydrogen-bond donors (Lipinski definition) is 2. The van der Waals surface area contributed by atoms with Gasteiger partial charge in [-0.3, -0.25) is 0 Å². The zero-order valence-electron chi connectivity index (χ0n) is 8.00. The lowest BCUT2D eigenvalue weighted by Gasteiger charge is -2.07. The summed E-state index contributed by atoms with van der Waals surface area (Å²) in [5, 5.41) is 3.66. The van der Waals surface area contributed by atoms with Crippen LogP contribution in [0.1, 0.15) is 12.8 Å². The zero-order chi connectivity index (χ0) is 10.8. The number of nitrogens with two attached hydrogens (primary N) is 1. The molecule has 2 rings (SSSR count). The molecule has 0 unspecified atom stereocenters. The zero-order valence-corrected chi connectivity index (χ0v) is 10.9. The van der Waals surface area contributed by atoms with Crippen LogP contribution in [0.3, 0.4) is 0 Å². The summed E-state index contributed by atoms with van der Waals surface area (Å²) >= 11 is 8.26. The van der Waals surface area contributed by atoms with Crippen LogP contribution in [0.2, 0.25) is 5.02 Å². The number of rotatable bonds is 2. The van der Waals surface area contributed by atoms with Crippen molar-refractivity contribution in [1.82, 2.24) is 0 Å². The standard InChI is InChI=1S/C10H11ClIN3/c11-8-5-6(12)1-4-9(8)15-10(13)14-7-2-3-7/h1,4-5,7H,2-3H2,(H3,13,14,15). The first kappa shape index (κ1) is 11.0. The molecule has 0 amide bonds. The molecule has 0 bridgehead atoms. The Balaban J connectivity index is 2.09. The molecule has 0 aliphatic heterocycles. The molecular weight excluding hydrogens is 324 g/mol. The van der Waals surface area contributed by atoms with E-state index in [0.717, 1.165) is 22.1 Å². The molecule has 1 aromatic rings. The topological polar surface area (TPSA) is 50.4 Å². The smallest absolute Gasteiger partial charge is 0.193 e. The van der Waals surface area contributed by atoms with E-state index in [1.165, 1.54) is 0 Å². The molecule has 0 atom stereocenters. The van der Waals surface area contributed by atoms with Gasteiger partial charge in [0.1, 0.15) is 0 Å². The number of hydrogen-bond acceptors (Lipinski definition) is 1. The third-order valence-electron chi connectivity index (χ3n) is 2.06. The van der Waals surface area contributed by atoms with Gasteiger partial charge in [0.25, 0.3) is 0 Å². The lowest BCUT2D eigenvalue weighted by atomic mass is 10.3. The van der Waals surface area contributed by atoms with Crippen LogP contribution in [0.5, 0.6) is 0 Å². The first-order chi connectivity index (χ1) is 7.15. The monoisotopic (exact) mass is 335 g/mol. The first-order valence-corrected chi connectivity index (χ1v) is 6.16.